The van der Waals surface area contributed by atoms with Crippen molar-refractivity contribution >= 4 is 16.8 Å². The molecule has 2 unspecified atom stereocenters. The molecule has 1 aromatic carbocycles. The van der Waals surface area contributed by atoms with Crippen LogP contribution in [0.2, 0.25) is 0 Å². The summed E-state index contributed by atoms with van der Waals surface area (Å²) in [7, 11) is 0.183. The van der Waals surface area contributed by atoms with Gasteiger partial charge < -0.3 is 4.74 Å². The molecule has 0 aliphatic carbocycles. The van der Waals surface area contributed by atoms with Gasteiger partial charge in [-0.1, -0.05) is 18.2 Å². The zero-order chi connectivity index (χ0) is 11.3. The highest BCUT2D eigenvalue weighted by molar-refractivity contribution is 7.85. The summed E-state index contributed by atoms with van der Waals surface area (Å²) < 4.78 is 16.4. The lowest BCUT2D eigenvalue weighted by atomic mass is 10.3. The lowest BCUT2D eigenvalue weighted by Gasteiger charge is -2.09. The van der Waals surface area contributed by atoms with E-state index in [1.165, 1.54) is 7.11 Å². The number of hydrogen-bond donors (Lipinski definition) is 0. The zero-order valence-electron chi connectivity index (χ0n) is 8.80. The minimum atomic E-state index is -1.15. The average Bonchev–Trinajstić information content (AvgIpc) is 2.29. The molecule has 0 saturated heterocycles. The standard InChI is InChI=1S/C11H14O3S/c1-9(8-11(12)14-2)15(13)10-6-4-3-5-7-10/h3-7,9H,8H2,1-2H3. The first-order valence-electron chi connectivity index (χ1n) is 4.67. The van der Waals surface area contributed by atoms with Crippen molar-refractivity contribution in [3.05, 3.63) is 30.3 Å². The molecule has 0 aromatic heterocycles. The molecule has 82 valence electrons. The Morgan fingerprint density at radius 1 is 1.40 bits per heavy atom. The van der Waals surface area contributed by atoms with E-state index >= 15 is 0 Å². The van der Waals surface area contributed by atoms with Crippen molar-refractivity contribution in [3.63, 3.8) is 0 Å². The van der Waals surface area contributed by atoms with E-state index in [1.54, 1.807) is 19.1 Å². The Morgan fingerprint density at radius 2 is 2.00 bits per heavy atom. The number of methoxy groups -OCH3 is 1. The van der Waals surface area contributed by atoms with Crippen molar-refractivity contribution in [2.75, 3.05) is 7.11 Å². The fraction of sp³-hybridized carbons (Fsp3) is 0.364. The summed E-state index contributed by atoms with van der Waals surface area (Å²) in [6.07, 6.45) is 0.179. The Labute approximate surface area is 91.9 Å². The molecule has 2 atom stereocenters. The molecule has 1 rings (SSSR count). The molecule has 1 aromatic rings. The molecule has 0 N–H and O–H groups in total. The van der Waals surface area contributed by atoms with Crippen LogP contribution in [-0.2, 0) is 20.3 Å². The predicted octanol–water partition coefficient (Wildman–Crippen LogP) is 1.75. The van der Waals surface area contributed by atoms with Gasteiger partial charge in [0.25, 0.3) is 0 Å². The summed E-state index contributed by atoms with van der Waals surface area (Å²) in [5, 5.41) is -0.222. The Hall–Kier alpha value is -1.16. The van der Waals surface area contributed by atoms with E-state index in [9.17, 15) is 9.00 Å². The van der Waals surface area contributed by atoms with Gasteiger partial charge in [-0.05, 0) is 19.1 Å². The van der Waals surface area contributed by atoms with Crippen LogP contribution in [0.1, 0.15) is 13.3 Å². The molecule has 0 fully saturated rings. The smallest absolute Gasteiger partial charge is 0.306 e. The molecule has 0 bridgehead atoms. The number of ether oxygens (including phenoxy) is 1. The maximum Gasteiger partial charge on any atom is 0.306 e. The second-order valence-corrected chi connectivity index (χ2v) is 5.07. The van der Waals surface area contributed by atoms with Crippen LogP contribution in [0.5, 0.6) is 0 Å². The van der Waals surface area contributed by atoms with Crippen molar-refractivity contribution < 1.29 is 13.7 Å². The lowest BCUT2D eigenvalue weighted by molar-refractivity contribution is -0.140. The Bertz CT molecular complexity index is 348. The van der Waals surface area contributed by atoms with Crippen LogP contribution in [-0.4, -0.2) is 22.5 Å². The Morgan fingerprint density at radius 3 is 2.53 bits per heavy atom. The largest absolute Gasteiger partial charge is 0.469 e. The van der Waals surface area contributed by atoms with Crippen LogP contribution in [0.15, 0.2) is 35.2 Å². The molecule has 0 radical (unpaired) electrons. The zero-order valence-corrected chi connectivity index (χ0v) is 9.62. The fourth-order valence-electron chi connectivity index (χ4n) is 1.18. The summed E-state index contributed by atoms with van der Waals surface area (Å²) in [4.78, 5) is 11.7. The van der Waals surface area contributed by atoms with Crippen molar-refractivity contribution in [1.82, 2.24) is 0 Å². The number of carbonyl (C=O) groups excluding carboxylic acids is 1. The first-order valence-corrected chi connectivity index (χ1v) is 5.89. The average molecular weight is 226 g/mol. The Kier molecular flexibility index (Phi) is 4.49. The second kappa shape index (κ2) is 5.66. The van der Waals surface area contributed by atoms with Gasteiger partial charge in [0.15, 0.2) is 0 Å². The van der Waals surface area contributed by atoms with Crippen LogP contribution >= 0.6 is 0 Å². The van der Waals surface area contributed by atoms with Gasteiger partial charge >= 0.3 is 5.97 Å². The molecule has 3 nitrogen and oxygen atoms in total. The molecule has 0 saturated carbocycles. The van der Waals surface area contributed by atoms with Gasteiger partial charge in [0.05, 0.1) is 24.3 Å². The van der Waals surface area contributed by atoms with Crippen LogP contribution in [0.25, 0.3) is 0 Å². The molecular weight excluding hydrogens is 212 g/mol. The molecule has 0 aliphatic rings. The molecule has 4 heteroatoms. The Balaban J connectivity index is 2.65. The number of hydrogen-bond acceptors (Lipinski definition) is 3. The molecule has 0 aliphatic heterocycles. The van der Waals surface area contributed by atoms with Crippen molar-refractivity contribution in [2.24, 2.45) is 0 Å². The van der Waals surface area contributed by atoms with E-state index in [1.807, 2.05) is 18.2 Å². The number of carbonyl (C=O) groups is 1. The van der Waals surface area contributed by atoms with E-state index in [0.29, 0.717) is 0 Å². The van der Waals surface area contributed by atoms with Crippen LogP contribution in [0.3, 0.4) is 0 Å². The van der Waals surface area contributed by atoms with Gasteiger partial charge in [-0.25, -0.2) is 0 Å². The van der Waals surface area contributed by atoms with Gasteiger partial charge in [0.2, 0.25) is 0 Å². The number of rotatable bonds is 4. The van der Waals surface area contributed by atoms with E-state index in [0.717, 1.165) is 4.90 Å². The SMILES string of the molecule is COC(=O)CC(C)S(=O)c1ccccc1. The third-order valence-electron chi connectivity index (χ3n) is 2.02. The van der Waals surface area contributed by atoms with Crippen molar-refractivity contribution in [2.45, 2.75) is 23.5 Å². The van der Waals surface area contributed by atoms with Crippen molar-refractivity contribution in [1.29, 1.82) is 0 Å². The van der Waals surface area contributed by atoms with E-state index in [2.05, 4.69) is 4.74 Å². The minimum absolute atomic E-state index is 0.179. The van der Waals surface area contributed by atoms with Gasteiger partial charge in [-0.3, -0.25) is 9.00 Å². The first-order chi connectivity index (χ1) is 7.15. The molecule has 0 amide bonds. The fourth-order valence-corrected chi connectivity index (χ4v) is 2.36. The summed E-state index contributed by atoms with van der Waals surface area (Å²) in [6, 6.07) is 9.12. The quantitative estimate of drug-likeness (QED) is 0.734. The lowest BCUT2D eigenvalue weighted by Crippen LogP contribution is -2.17. The second-order valence-electron chi connectivity index (χ2n) is 3.20. The maximum atomic E-state index is 11.9. The summed E-state index contributed by atoms with van der Waals surface area (Å²) in [5.74, 6) is -0.327. The van der Waals surface area contributed by atoms with Crippen LogP contribution in [0.4, 0.5) is 0 Å². The summed E-state index contributed by atoms with van der Waals surface area (Å²) in [6.45, 7) is 1.78. The normalized spacial score (nSPS) is 14.3. The van der Waals surface area contributed by atoms with Crippen LogP contribution in [0, 0.1) is 0 Å². The van der Waals surface area contributed by atoms with E-state index < -0.39 is 10.8 Å². The molecule has 15 heavy (non-hydrogen) atoms. The minimum Gasteiger partial charge on any atom is -0.469 e. The van der Waals surface area contributed by atoms with E-state index in [4.69, 9.17) is 0 Å². The molecule has 0 spiro atoms. The monoisotopic (exact) mass is 226 g/mol. The predicted molar refractivity (Wildman–Crippen MR) is 58.9 cm³/mol. The number of benzene rings is 1. The highest BCUT2D eigenvalue weighted by Crippen LogP contribution is 2.13. The van der Waals surface area contributed by atoms with Crippen LogP contribution < -0.4 is 0 Å². The first kappa shape index (κ1) is 11.9. The van der Waals surface area contributed by atoms with Gasteiger partial charge in [0, 0.05) is 10.1 Å². The van der Waals surface area contributed by atoms with Crippen molar-refractivity contribution in [3.8, 4) is 0 Å². The molecule has 0 heterocycles. The molecular formula is C11H14O3S. The van der Waals surface area contributed by atoms with E-state index in [-0.39, 0.29) is 17.6 Å². The highest BCUT2D eigenvalue weighted by Gasteiger charge is 2.16. The highest BCUT2D eigenvalue weighted by atomic mass is 32.2. The third-order valence-corrected chi connectivity index (χ3v) is 3.66. The van der Waals surface area contributed by atoms with Gasteiger partial charge in [-0.15, -0.1) is 0 Å². The number of esters is 1. The van der Waals surface area contributed by atoms with Gasteiger partial charge in [-0.2, -0.15) is 0 Å². The topological polar surface area (TPSA) is 43.4 Å². The maximum absolute atomic E-state index is 11.9. The summed E-state index contributed by atoms with van der Waals surface area (Å²) in [5.41, 5.74) is 0. The third kappa shape index (κ3) is 3.47. The van der Waals surface area contributed by atoms with Gasteiger partial charge in [0.1, 0.15) is 0 Å². The summed E-state index contributed by atoms with van der Waals surface area (Å²) >= 11 is 0.